The third-order valence-corrected chi connectivity index (χ3v) is 5.70. The molecule has 0 amide bonds. The van der Waals surface area contributed by atoms with E-state index in [1.54, 1.807) is 0 Å². The van der Waals surface area contributed by atoms with Gasteiger partial charge in [-0.15, -0.1) is 0 Å². The van der Waals surface area contributed by atoms with Crippen molar-refractivity contribution in [2.75, 3.05) is 5.32 Å². The van der Waals surface area contributed by atoms with Crippen molar-refractivity contribution in [1.82, 2.24) is 9.38 Å². The number of fused-ring (bicyclic) bond motifs is 4. The van der Waals surface area contributed by atoms with Crippen LogP contribution in [0, 0.1) is 18.3 Å². The van der Waals surface area contributed by atoms with Crippen molar-refractivity contribution < 1.29 is 0 Å². The van der Waals surface area contributed by atoms with E-state index >= 15 is 0 Å². The van der Waals surface area contributed by atoms with Gasteiger partial charge in [0.15, 0.2) is 5.65 Å². The standard InChI is InChI=1S/C23H19ClN4/c1-14-10-15(24)12-16(11-14)26-22-18-7-3-2-6-17(18)19(13-25)23-27-20-8-4-5-9-21(20)28(22)23/h4-5,8-12,26H,2-3,6-7H2,1H3. The van der Waals surface area contributed by atoms with E-state index in [0.29, 0.717) is 10.6 Å². The quantitative estimate of drug-likeness (QED) is 0.463. The molecular weight excluding hydrogens is 368 g/mol. The van der Waals surface area contributed by atoms with Crippen molar-refractivity contribution in [2.24, 2.45) is 0 Å². The number of halogens is 1. The molecule has 0 atom stereocenters. The topological polar surface area (TPSA) is 53.1 Å². The molecule has 4 aromatic rings. The molecule has 0 bridgehead atoms. The number of anilines is 2. The van der Waals surface area contributed by atoms with E-state index in [2.05, 4.69) is 27.9 Å². The van der Waals surface area contributed by atoms with Gasteiger partial charge in [-0.25, -0.2) is 4.98 Å². The van der Waals surface area contributed by atoms with Crippen molar-refractivity contribution in [1.29, 1.82) is 5.26 Å². The number of benzene rings is 2. The molecule has 0 radical (unpaired) electrons. The van der Waals surface area contributed by atoms with Crippen LogP contribution in [0.1, 0.15) is 35.1 Å². The number of nitrogens with zero attached hydrogens (tertiary/aromatic N) is 3. The van der Waals surface area contributed by atoms with Crippen molar-refractivity contribution in [3.63, 3.8) is 0 Å². The van der Waals surface area contributed by atoms with E-state index in [0.717, 1.165) is 65.0 Å². The fourth-order valence-electron chi connectivity index (χ4n) is 4.33. The Labute approximate surface area is 168 Å². The van der Waals surface area contributed by atoms with Gasteiger partial charge in [0.2, 0.25) is 0 Å². The molecule has 2 aromatic heterocycles. The van der Waals surface area contributed by atoms with E-state index in [4.69, 9.17) is 16.6 Å². The van der Waals surface area contributed by atoms with Crippen molar-refractivity contribution >= 4 is 39.8 Å². The van der Waals surface area contributed by atoms with Crippen LogP contribution in [0.2, 0.25) is 5.02 Å². The summed E-state index contributed by atoms with van der Waals surface area (Å²) in [6.45, 7) is 2.04. The highest BCUT2D eigenvalue weighted by atomic mass is 35.5. The molecule has 2 heterocycles. The summed E-state index contributed by atoms with van der Waals surface area (Å²) in [5, 5.41) is 14.2. The van der Waals surface area contributed by atoms with E-state index in [1.807, 2.05) is 37.3 Å². The Hall–Kier alpha value is -3.03. The summed E-state index contributed by atoms with van der Waals surface area (Å²) in [5.41, 5.74) is 7.74. The maximum absolute atomic E-state index is 9.93. The molecule has 138 valence electrons. The largest absolute Gasteiger partial charge is 0.341 e. The lowest BCUT2D eigenvalue weighted by Crippen LogP contribution is -2.13. The third kappa shape index (κ3) is 2.63. The lowest BCUT2D eigenvalue weighted by atomic mass is 9.89. The zero-order chi connectivity index (χ0) is 19.3. The van der Waals surface area contributed by atoms with Crippen LogP contribution in [0.4, 0.5) is 11.5 Å². The predicted octanol–water partition coefficient (Wildman–Crippen LogP) is 5.94. The van der Waals surface area contributed by atoms with Gasteiger partial charge in [-0.1, -0.05) is 23.7 Å². The number of rotatable bonds is 2. The second kappa shape index (κ2) is 6.54. The molecule has 0 saturated heterocycles. The summed E-state index contributed by atoms with van der Waals surface area (Å²) in [6.07, 6.45) is 4.10. The van der Waals surface area contributed by atoms with Crippen LogP contribution in [0.15, 0.2) is 42.5 Å². The van der Waals surface area contributed by atoms with Crippen molar-refractivity contribution in [3.8, 4) is 6.07 Å². The predicted molar refractivity (Wildman–Crippen MR) is 114 cm³/mol. The fourth-order valence-corrected chi connectivity index (χ4v) is 4.62. The molecule has 4 nitrogen and oxygen atoms in total. The van der Waals surface area contributed by atoms with Crippen LogP contribution >= 0.6 is 11.6 Å². The number of imidazole rings is 1. The Balaban J connectivity index is 1.87. The Morgan fingerprint density at radius 1 is 1.11 bits per heavy atom. The molecule has 0 fully saturated rings. The van der Waals surface area contributed by atoms with Gasteiger partial charge in [0.25, 0.3) is 0 Å². The van der Waals surface area contributed by atoms with Gasteiger partial charge in [0, 0.05) is 10.7 Å². The Morgan fingerprint density at radius 3 is 2.68 bits per heavy atom. The number of nitriles is 1. The van der Waals surface area contributed by atoms with Crippen molar-refractivity contribution in [2.45, 2.75) is 32.6 Å². The van der Waals surface area contributed by atoms with E-state index in [9.17, 15) is 5.26 Å². The fraction of sp³-hybridized carbons (Fsp3) is 0.217. The SMILES string of the molecule is Cc1cc(Cl)cc(Nc2c3c(c(C#N)c4nc5ccccc5n24)CCCC3)c1. The van der Waals surface area contributed by atoms with Gasteiger partial charge in [0.1, 0.15) is 11.9 Å². The summed E-state index contributed by atoms with van der Waals surface area (Å²) in [6, 6.07) is 16.4. The molecule has 0 saturated carbocycles. The van der Waals surface area contributed by atoms with Gasteiger partial charge in [-0.2, -0.15) is 5.26 Å². The van der Waals surface area contributed by atoms with Crippen LogP contribution in [0.25, 0.3) is 16.7 Å². The van der Waals surface area contributed by atoms with Gasteiger partial charge in [0.05, 0.1) is 16.6 Å². The number of hydrogen-bond acceptors (Lipinski definition) is 3. The second-order valence-electron chi connectivity index (χ2n) is 7.40. The first-order valence-corrected chi connectivity index (χ1v) is 9.93. The molecule has 1 aliphatic carbocycles. The first-order chi connectivity index (χ1) is 13.7. The first-order valence-electron chi connectivity index (χ1n) is 9.55. The number of nitrogens with one attached hydrogen (secondary N) is 1. The molecular formula is C23H19ClN4. The number of para-hydroxylation sites is 2. The lowest BCUT2D eigenvalue weighted by Gasteiger charge is -2.23. The smallest absolute Gasteiger partial charge is 0.157 e. The summed E-state index contributed by atoms with van der Waals surface area (Å²) >= 11 is 6.30. The van der Waals surface area contributed by atoms with Gasteiger partial charge in [-0.3, -0.25) is 4.40 Å². The van der Waals surface area contributed by atoms with Crippen LogP contribution in [-0.4, -0.2) is 9.38 Å². The first kappa shape index (κ1) is 17.1. The maximum atomic E-state index is 9.93. The summed E-state index contributed by atoms with van der Waals surface area (Å²) in [4.78, 5) is 4.81. The monoisotopic (exact) mass is 386 g/mol. The molecule has 2 aromatic carbocycles. The average Bonchev–Trinajstić information content (AvgIpc) is 3.06. The molecule has 5 heteroatoms. The highest BCUT2D eigenvalue weighted by Gasteiger charge is 2.24. The van der Waals surface area contributed by atoms with E-state index in [-0.39, 0.29) is 0 Å². The highest BCUT2D eigenvalue weighted by Crippen LogP contribution is 2.37. The zero-order valence-corrected chi connectivity index (χ0v) is 16.3. The van der Waals surface area contributed by atoms with Crippen LogP contribution in [0.5, 0.6) is 0 Å². The molecule has 1 N–H and O–H groups in total. The number of pyridine rings is 1. The second-order valence-corrected chi connectivity index (χ2v) is 7.84. The number of aromatic nitrogens is 2. The van der Waals surface area contributed by atoms with Gasteiger partial charge in [-0.05, 0) is 79.6 Å². The minimum absolute atomic E-state index is 0.705. The molecule has 0 spiro atoms. The Kier molecular flexibility index (Phi) is 3.99. The lowest BCUT2D eigenvalue weighted by molar-refractivity contribution is 0.682. The van der Waals surface area contributed by atoms with Gasteiger partial charge >= 0.3 is 0 Å². The highest BCUT2D eigenvalue weighted by molar-refractivity contribution is 6.31. The zero-order valence-electron chi connectivity index (χ0n) is 15.6. The molecule has 0 unspecified atom stereocenters. The summed E-state index contributed by atoms with van der Waals surface area (Å²) in [7, 11) is 0. The molecule has 0 aliphatic heterocycles. The number of hydrogen-bond donors (Lipinski definition) is 1. The summed E-state index contributed by atoms with van der Waals surface area (Å²) < 4.78 is 2.11. The minimum atomic E-state index is 0.705. The molecule has 5 rings (SSSR count). The summed E-state index contributed by atoms with van der Waals surface area (Å²) in [5.74, 6) is 0.999. The Morgan fingerprint density at radius 2 is 1.89 bits per heavy atom. The van der Waals surface area contributed by atoms with E-state index in [1.165, 1.54) is 5.56 Å². The minimum Gasteiger partial charge on any atom is -0.341 e. The normalized spacial score (nSPS) is 13.5. The third-order valence-electron chi connectivity index (χ3n) is 5.48. The van der Waals surface area contributed by atoms with E-state index < -0.39 is 0 Å². The van der Waals surface area contributed by atoms with Crippen LogP contribution in [-0.2, 0) is 12.8 Å². The van der Waals surface area contributed by atoms with Crippen LogP contribution in [0.3, 0.4) is 0 Å². The Bertz CT molecular complexity index is 1260. The number of aryl methyl sites for hydroxylation is 1. The average molecular weight is 387 g/mol. The maximum Gasteiger partial charge on any atom is 0.157 e. The molecule has 28 heavy (non-hydrogen) atoms. The molecule has 1 aliphatic rings. The van der Waals surface area contributed by atoms with Crippen molar-refractivity contribution in [3.05, 3.63) is 69.7 Å². The van der Waals surface area contributed by atoms with Crippen LogP contribution < -0.4 is 5.32 Å². The van der Waals surface area contributed by atoms with Gasteiger partial charge < -0.3 is 5.32 Å².